The molecular formula is C15H23N3O. The second kappa shape index (κ2) is 5.47. The van der Waals surface area contributed by atoms with E-state index in [4.69, 9.17) is 0 Å². The molecule has 2 aliphatic rings. The van der Waals surface area contributed by atoms with Crippen LogP contribution in [0.25, 0.3) is 0 Å². The molecular weight excluding hydrogens is 238 g/mol. The third-order valence-corrected chi connectivity index (χ3v) is 4.41. The molecule has 0 bridgehead atoms. The second-order valence-electron chi connectivity index (χ2n) is 5.76. The molecule has 0 amide bonds. The molecule has 1 unspecified atom stereocenters. The smallest absolute Gasteiger partial charge is 0.128 e. The minimum atomic E-state index is -0.434. The zero-order valence-electron chi connectivity index (χ0n) is 11.6. The van der Waals surface area contributed by atoms with Crippen molar-refractivity contribution in [3.63, 3.8) is 0 Å². The van der Waals surface area contributed by atoms with Crippen molar-refractivity contribution in [2.24, 2.45) is 0 Å². The lowest BCUT2D eigenvalue weighted by atomic mass is 9.99. The van der Waals surface area contributed by atoms with Crippen molar-refractivity contribution in [1.82, 2.24) is 9.88 Å². The Morgan fingerprint density at radius 1 is 1.26 bits per heavy atom. The summed E-state index contributed by atoms with van der Waals surface area (Å²) >= 11 is 0. The molecule has 1 N–H and O–H groups in total. The number of anilines is 1. The quantitative estimate of drug-likeness (QED) is 0.881. The fraction of sp³-hybridized carbons (Fsp3) is 0.667. The van der Waals surface area contributed by atoms with E-state index in [2.05, 4.69) is 14.8 Å². The van der Waals surface area contributed by atoms with Crippen molar-refractivity contribution in [3.05, 3.63) is 23.9 Å². The van der Waals surface area contributed by atoms with Gasteiger partial charge in [0, 0.05) is 31.9 Å². The predicted molar refractivity (Wildman–Crippen MR) is 76.3 cm³/mol. The van der Waals surface area contributed by atoms with E-state index in [1.165, 1.54) is 25.8 Å². The Kier molecular flexibility index (Phi) is 3.71. The van der Waals surface area contributed by atoms with Crippen molar-refractivity contribution in [2.45, 2.75) is 38.3 Å². The van der Waals surface area contributed by atoms with Gasteiger partial charge in [-0.05, 0) is 37.9 Å². The highest BCUT2D eigenvalue weighted by Gasteiger charge is 2.29. The van der Waals surface area contributed by atoms with Gasteiger partial charge in [-0.15, -0.1) is 0 Å². The van der Waals surface area contributed by atoms with Gasteiger partial charge in [0.05, 0.1) is 6.10 Å². The van der Waals surface area contributed by atoms with E-state index in [0.717, 1.165) is 31.0 Å². The van der Waals surface area contributed by atoms with Crippen molar-refractivity contribution >= 4 is 5.82 Å². The number of aliphatic hydroxyl groups is 1. The summed E-state index contributed by atoms with van der Waals surface area (Å²) < 4.78 is 0. The summed E-state index contributed by atoms with van der Waals surface area (Å²) in [6.45, 7) is 6.37. The summed E-state index contributed by atoms with van der Waals surface area (Å²) in [5.41, 5.74) is 0.889. The van der Waals surface area contributed by atoms with E-state index >= 15 is 0 Å². The third kappa shape index (κ3) is 2.74. The molecule has 4 nitrogen and oxygen atoms in total. The summed E-state index contributed by atoms with van der Waals surface area (Å²) in [6.07, 6.45) is 5.41. The molecule has 2 aliphatic heterocycles. The number of hydrogen-bond donors (Lipinski definition) is 1. The number of rotatable bonds is 2. The molecule has 3 heterocycles. The zero-order valence-corrected chi connectivity index (χ0v) is 11.6. The maximum Gasteiger partial charge on any atom is 0.128 e. The molecule has 0 aromatic carbocycles. The lowest BCUT2D eigenvalue weighted by molar-refractivity contribution is 0.133. The summed E-state index contributed by atoms with van der Waals surface area (Å²) in [6, 6.07) is 4.74. The summed E-state index contributed by atoms with van der Waals surface area (Å²) in [7, 11) is 0. The average Bonchev–Trinajstić information content (AvgIpc) is 2.47. The molecule has 2 fully saturated rings. The number of hydrogen-bond acceptors (Lipinski definition) is 4. The van der Waals surface area contributed by atoms with E-state index in [1.807, 2.05) is 12.1 Å². The van der Waals surface area contributed by atoms with Gasteiger partial charge in [-0.1, -0.05) is 12.5 Å². The number of fused-ring (bicyclic) bond motifs is 1. The van der Waals surface area contributed by atoms with E-state index in [-0.39, 0.29) is 0 Å². The van der Waals surface area contributed by atoms with Gasteiger partial charge in [-0.25, -0.2) is 4.98 Å². The first-order chi connectivity index (χ1) is 9.24. The van der Waals surface area contributed by atoms with Gasteiger partial charge in [0.15, 0.2) is 0 Å². The second-order valence-corrected chi connectivity index (χ2v) is 5.76. The van der Waals surface area contributed by atoms with Crippen LogP contribution in [-0.4, -0.2) is 47.2 Å². The lowest BCUT2D eigenvalue weighted by Crippen LogP contribution is -2.55. The Morgan fingerprint density at radius 3 is 2.89 bits per heavy atom. The summed E-state index contributed by atoms with van der Waals surface area (Å²) in [5, 5.41) is 9.52. The van der Waals surface area contributed by atoms with Crippen molar-refractivity contribution < 1.29 is 5.11 Å². The lowest BCUT2D eigenvalue weighted by Gasteiger charge is -2.44. The van der Waals surface area contributed by atoms with Crippen molar-refractivity contribution in [1.29, 1.82) is 0 Å². The molecule has 3 rings (SSSR count). The minimum Gasteiger partial charge on any atom is -0.389 e. The Labute approximate surface area is 115 Å². The van der Waals surface area contributed by atoms with Gasteiger partial charge in [0.25, 0.3) is 0 Å². The fourth-order valence-electron chi connectivity index (χ4n) is 3.20. The number of piperazine rings is 1. The first-order valence-corrected chi connectivity index (χ1v) is 7.37. The first-order valence-electron chi connectivity index (χ1n) is 7.37. The number of aromatic nitrogens is 1. The summed E-state index contributed by atoms with van der Waals surface area (Å²) in [5.74, 6) is 1.05. The topological polar surface area (TPSA) is 39.6 Å². The molecule has 2 atom stereocenters. The van der Waals surface area contributed by atoms with E-state index < -0.39 is 6.10 Å². The molecule has 1 aromatic rings. The number of aliphatic hydroxyl groups excluding tert-OH is 1. The van der Waals surface area contributed by atoms with E-state index in [1.54, 1.807) is 13.1 Å². The molecule has 19 heavy (non-hydrogen) atoms. The van der Waals surface area contributed by atoms with Crippen LogP contribution in [-0.2, 0) is 0 Å². The Hall–Kier alpha value is -1.13. The van der Waals surface area contributed by atoms with Crippen LogP contribution in [0.4, 0.5) is 5.82 Å². The van der Waals surface area contributed by atoms with Crippen LogP contribution in [0.5, 0.6) is 0 Å². The van der Waals surface area contributed by atoms with Crippen LogP contribution in [0.3, 0.4) is 0 Å². The van der Waals surface area contributed by atoms with Crippen molar-refractivity contribution in [2.75, 3.05) is 31.1 Å². The standard InChI is InChI=1S/C15H23N3O/c1-12(19)13-5-6-15(16-10-13)18-9-8-17-7-3-2-4-14(17)11-18/h5-6,10,12,14,19H,2-4,7-9,11H2,1H3/t12-,14?/m0/s1. The summed E-state index contributed by atoms with van der Waals surface area (Å²) in [4.78, 5) is 9.52. The Morgan fingerprint density at radius 2 is 2.16 bits per heavy atom. The number of nitrogens with zero attached hydrogens (tertiary/aromatic N) is 3. The SMILES string of the molecule is C[C@H](O)c1ccc(N2CCN3CCCCC3C2)nc1. The highest BCUT2D eigenvalue weighted by atomic mass is 16.3. The van der Waals surface area contributed by atoms with Gasteiger partial charge in [0.1, 0.15) is 5.82 Å². The molecule has 0 radical (unpaired) electrons. The van der Waals surface area contributed by atoms with Gasteiger partial charge in [-0.2, -0.15) is 0 Å². The fourth-order valence-corrected chi connectivity index (χ4v) is 3.20. The highest BCUT2D eigenvalue weighted by molar-refractivity contribution is 5.40. The zero-order chi connectivity index (χ0) is 13.2. The van der Waals surface area contributed by atoms with Crippen LogP contribution >= 0.6 is 0 Å². The Balaban J connectivity index is 1.69. The van der Waals surface area contributed by atoms with Crippen LogP contribution in [0.2, 0.25) is 0 Å². The maximum atomic E-state index is 9.52. The van der Waals surface area contributed by atoms with Crippen LogP contribution < -0.4 is 4.90 Å². The molecule has 4 heteroatoms. The Bertz CT molecular complexity index is 418. The van der Waals surface area contributed by atoms with Crippen LogP contribution in [0.15, 0.2) is 18.3 Å². The van der Waals surface area contributed by atoms with Crippen LogP contribution in [0.1, 0.15) is 37.9 Å². The minimum absolute atomic E-state index is 0.434. The molecule has 0 aliphatic carbocycles. The van der Waals surface area contributed by atoms with E-state index in [9.17, 15) is 5.11 Å². The number of pyridine rings is 1. The van der Waals surface area contributed by atoms with E-state index in [0.29, 0.717) is 6.04 Å². The molecule has 0 saturated carbocycles. The van der Waals surface area contributed by atoms with Crippen LogP contribution in [0, 0.1) is 0 Å². The van der Waals surface area contributed by atoms with Gasteiger partial charge < -0.3 is 10.0 Å². The number of piperidine rings is 1. The predicted octanol–water partition coefficient (Wildman–Crippen LogP) is 1.81. The highest BCUT2D eigenvalue weighted by Crippen LogP contribution is 2.24. The first kappa shape index (κ1) is 12.9. The molecule has 104 valence electrons. The average molecular weight is 261 g/mol. The molecule has 2 saturated heterocycles. The monoisotopic (exact) mass is 261 g/mol. The molecule has 0 spiro atoms. The molecule has 1 aromatic heterocycles. The van der Waals surface area contributed by atoms with Crippen molar-refractivity contribution in [3.8, 4) is 0 Å². The maximum absolute atomic E-state index is 9.52. The van der Waals surface area contributed by atoms with Gasteiger partial charge in [-0.3, -0.25) is 4.90 Å². The third-order valence-electron chi connectivity index (χ3n) is 4.41. The largest absolute Gasteiger partial charge is 0.389 e. The normalized spacial score (nSPS) is 26.0. The van der Waals surface area contributed by atoms with Gasteiger partial charge >= 0.3 is 0 Å². The van der Waals surface area contributed by atoms with Gasteiger partial charge in [0.2, 0.25) is 0 Å².